The molecule has 0 heterocycles. The van der Waals surface area contributed by atoms with Gasteiger partial charge < -0.3 is 10.2 Å². The number of halogens is 1. The highest BCUT2D eigenvalue weighted by molar-refractivity contribution is 5.71. The Morgan fingerprint density at radius 1 is 1.44 bits per heavy atom. The Hall–Kier alpha value is -1.58. The summed E-state index contributed by atoms with van der Waals surface area (Å²) in [4.78, 5) is 10.9. The van der Waals surface area contributed by atoms with E-state index in [9.17, 15) is 14.3 Å². The fourth-order valence-electron chi connectivity index (χ4n) is 1.86. The van der Waals surface area contributed by atoms with Gasteiger partial charge in [-0.2, -0.15) is 0 Å². The van der Waals surface area contributed by atoms with Crippen molar-refractivity contribution in [2.24, 2.45) is 5.92 Å². The quantitative estimate of drug-likeness (QED) is 0.829. The number of carboxylic acids is 1. The number of rotatable bonds is 4. The molecule has 0 aliphatic rings. The molecule has 0 radical (unpaired) electrons. The van der Waals surface area contributed by atoms with Crippen LogP contribution in [0.15, 0.2) is 18.2 Å². The molecule has 0 saturated carbocycles. The summed E-state index contributed by atoms with van der Waals surface area (Å²) in [5.41, 5.74) is 0.523. The SMILES string of the molecule is CC[C@H](c1cc(O)cc(F)c1)C(C)C(=O)O. The van der Waals surface area contributed by atoms with Crippen LogP contribution < -0.4 is 0 Å². The topological polar surface area (TPSA) is 57.5 Å². The van der Waals surface area contributed by atoms with Gasteiger partial charge in [0, 0.05) is 6.07 Å². The van der Waals surface area contributed by atoms with Crippen LogP contribution in [0, 0.1) is 11.7 Å². The Bertz CT molecular complexity index is 370. The summed E-state index contributed by atoms with van der Waals surface area (Å²) >= 11 is 0. The monoisotopic (exact) mass is 226 g/mol. The van der Waals surface area contributed by atoms with Crippen molar-refractivity contribution in [3.05, 3.63) is 29.6 Å². The lowest BCUT2D eigenvalue weighted by atomic mass is 9.85. The van der Waals surface area contributed by atoms with E-state index in [2.05, 4.69) is 0 Å². The van der Waals surface area contributed by atoms with Crippen molar-refractivity contribution in [1.82, 2.24) is 0 Å². The largest absolute Gasteiger partial charge is 0.508 e. The molecule has 0 aliphatic carbocycles. The summed E-state index contributed by atoms with van der Waals surface area (Å²) in [7, 11) is 0. The van der Waals surface area contributed by atoms with Gasteiger partial charge in [-0.15, -0.1) is 0 Å². The highest BCUT2D eigenvalue weighted by Crippen LogP contribution is 2.30. The fraction of sp³-hybridized carbons (Fsp3) is 0.417. The molecule has 1 aromatic carbocycles. The third kappa shape index (κ3) is 2.72. The molecule has 88 valence electrons. The maximum absolute atomic E-state index is 13.1. The molecule has 1 unspecified atom stereocenters. The van der Waals surface area contributed by atoms with Crippen LogP contribution in [0.4, 0.5) is 4.39 Å². The summed E-state index contributed by atoms with van der Waals surface area (Å²) in [6.45, 7) is 3.42. The molecule has 0 fully saturated rings. The van der Waals surface area contributed by atoms with E-state index in [1.807, 2.05) is 6.92 Å². The highest BCUT2D eigenvalue weighted by atomic mass is 19.1. The lowest BCUT2D eigenvalue weighted by Gasteiger charge is -2.19. The molecule has 4 heteroatoms. The average Bonchev–Trinajstić information content (AvgIpc) is 2.16. The summed E-state index contributed by atoms with van der Waals surface area (Å²) in [6, 6.07) is 3.69. The van der Waals surface area contributed by atoms with Crippen molar-refractivity contribution in [1.29, 1.82) is 0 Å². The minimum atomic E-state index is -0.921. The zero-order valence-corrected chi connectivity index (χ0v) is 9.27. The number of phenolic OH excluding ortho intramolecular Hbond substituents is 1. The van der Waals surface area contributed by atoms with Crippen LogP contribution in [0.2, 0.25) is 0 Å². The number of carbonyl (C=O) groups is 1. The maximum atomic E-state index is 13.1. The molecule has 16 heavy (non-hydrogen) atoms. The van der Waals surface area contributed by atoms with Crippen LogP contribution in [0.1, 0.15) is 31.7 Å². The minimum absolute atomic E-state index is 0.175. The molecule has 0 bridgehead atoms. The third-order valence-electron chi connectivity index (χ3n) is 2.77. The first-order chi connectivity index (χ1) is 7.45. The van der Waals surface area contributed by atoms with Crippen LogP contribution in [0.25, 0.3) is 0 Å². The Morgan fingerprint density at radius 3 is 2.50 bits per heavy atom. The van der Waals surface area contributed by atoms with Crippen molar-refractivity contribution in [3.63, 3.8) is 0 Å². The minimum Gasteiger partial charge on any atom is -0.508 e. The van der Waals surface area contributed by atoms with Gasteiger partial charge in [-0.1, -0.05) is 13.8 Å². The second kappa shape index (κ2) is 4.96. The predicted octanol–water partition coefficient (Wildman–Crippen LogP) is 2.75. The van der Waals surface area contributed by atoms with Gasteiger partial charge in [0.05, 0.1) is 5.92 Å². The second-order valence-electron chi connectivity index (χ2n) is 3.88. The Labute approximate surface area is 93.5 Å². The smallest absolute Gasteiger partial charge is 0.306 e. The van der Waals surface area contributed by atoms with Gasteiger partial charge in [0.2, 0.25) is 0 Å². The van der Waals surface area contributed by atoms with Crippen molar-refractivity contribution < 1.29 is 19.4 Å². The lowest BCUT2D eigenvalue weighted by Crippen LogP contribution is -2.18. The number of hydrogen-bond donors (Lipinski definition) is 2. The maximum Gasteiger partial charge on any atom is 0.306 e. The summed E-state index contributed by atoms with van der Waals surface area (Å²) in [5.74, 6) is -2.54. The number of phenols is 1. The van der Waals surface area contributed by atoms with Gasteiger partial charge in [0.1, 0.15) is 11.6 Å². The lowest BCUT2D eigenvalue weighted by molar-refractivity contribution is -0.141. The van der Waals surface area contributed by atoms with Crippen LogP contribution in [-0.2, 0) is 4.79 Å². The third-order valence-corrected chi connectivity index (χ3v) is 2.77. The number of aliphatic carboxylic acids is 1. The molecule has 1 rings (SSSR count). The van der Waals surface area contributed by atoms with Crippen LogP contribution >= 0.6 is 0 Å². The standard InChI is InChI=1S/C12H15FO3/c1-3-11(7(2)12(15)16)8-4-9(13)6-10(14)5-8/h4-7,11,14H,3H2,1-2H3,(H,15,16)/t7?,11-/m0/s1. The summed E-state index contributed by atoms with van der Waals surface area (Å²) < 4.78 is 13.1. The molecule has 2 atom stereocenters. The summed E-state index contributed by atoms with van der Waals surface area (Å²) in [5, 5.41) is 18.2. The van der Waals surface area contributed by atoms with E-state index in [1.165, 1.54) is 12.1 Å². The zero-order chi connectivity index (χ0) is 12.3. The number of benzene rings is 1. The molecular formula is C12H15FO3. The molecule has 0 amide bonds. The van der Waals surface area contributed by atoms with E-state index in [4.69, 9.17) is 5.11 Å². The zero-order valence-electron chi connectivity index (χ0n) is 9.27. The molecule has 1 aromatic rings. The molecule has 0 saturated heterocycles. The van der Waals surface area contributed by atoms with E-state index in [0.717, 1.165) is 6.07 Å². The molecule has 2 N–H and O–H groups in total. The number of carboxylic acid groups (broad SMARTS) is 1. The van der Waals surface area contributed by atoms with Crippen molar-refractivity contribution in [3.8, 4) is 5.75 Å². The highest BCUT2D eigenvalue weighted by Gasteiger charge is 2.24. The Kier molecular flexibility index (Phi) is 3.88. The normalized spacial score (nSPS) is 14.4. The van der Waals surface area contributed by atoms with E-state index in [1.54, 1.807) is 6.92 Å². The Morgan fingerprint density at radius 2 is 2.06 bits per heavy atom. The fourth-order valence-corrected chi connectivity index (χ4v) is 1.86. The van der Waals surface area contributed by atoms with Crippen molar-refractivity contribution in [2.45, 2.75) is 26.2 Å². The van der Waals surface area contributed by atoms with E-state index < -0.39 is 17.7 Å². The van der Waals surface area contributed by atoms with E-state index in [0.29, 0.717) is 12.0 Å². The first-order valence-electron chi connectivity index (χ1n) is 5.18. The van der Waals surface area contributed by atoms with E-state index in [-0.39, 0.29) is 11.7 Å². The number of hydrogen-bond acceptors (Lipinski definition) is 2. The van der Waals surface area contributed by atoms with Gasteiger partial charge in [0.15, 0.2) is 0 Å². The predicted molar refractivity (Wildman–Crippen MR) is 57.9 cm³/mol. The second-order valence-corrected chi connectivity index (χ2v) is 3.88. The van der Waals surface area contributed by atoms with Gasteiger partial charge in [-0.3, -0.25) is 4.79 Å². The summed E-state index contributed by atoms with van der Waals surface area (Å²) in [6.07, 6.45) is 0.580. The van der Waals surface area contributed by atoms with E-state index >= 15 is 0 Å². The van der Waals surface area contributed by atoms with Crippen LogP contribution in [-0.4, -0.2) is 16.2 Å². The van der Waals surface area contributed by atoms with Crippen LogP contribution in [0.5, 0.6) is 5.75 Å². The molecule has 3 nitrogen and oxygen atoms in total. The molecule has 0 aromatic heterocycles. The molecular weight excluding hydrogens is 211 g/mol. The van der Waals surface area contributed by atoms with Gasteiger partial charge in [0.25, 0.3) is 0 Å². The first kappa shape index (κ1) is 12.5. The Balaban J connectivity index is 3.08. The van der Waals surface area contributed by atoms with Crippen molar-refractivity contribution >= 4 is 5.97 Å². The molecule has 0 aliphatic heterocycles. The number of aromatic hydroxyl groups is 1. The van der Waals surface area contributed by atoms with Crippen LogP contribution in [0.3, 0.4) is 0 Å². The average molecular weight is 226 g/mol. The first-order valence-corrected chi connectivity index (χ1v) is 5.18. The van der Waals surface area contributed by atoms with Gasteiger partial charge in [-0.25, -0.2) is 4.39 Å². The molecule has 0 spiro atoms. The van der Waals surface area contributed by atoms with Crippen molar-refractivity contribution in [2.75, 3.05) is 0 Å². The van der Waals surface area contributed by atoms with Gasteiger partial charge in [-0.05, 0) is 30.0 Å². The van der Waals surface area contributed by atoms with Gasteiger partial charge >= 0.3 is 5.97 Å².